The molecule has 0 N–H and O–H groups in total. The summed E-state index contributed by atoms with van der Waals surface area (Å²) >= 11 is 0. The number of alkyl halides is 2. The molecule has 0 saturated carbocycles. The molecule has 108 valence electrons. The third-order valence-corrected chi connectivity index (χ3v) is 2.46. The number of ether oxygens (including phenoxy) is 1. The number of carbonyl (C=O) groups excluding carboxylic acids is 1. The van der Waals surface area contributed by atoms with Gasteiger partial charge in [-0.25, -0.2) is 9.78 Å². The molecule has 0 aliphatic rings. The van der Waals surface area contributed by atoms with Crippen molar-refractivity contribution in [3.63, 3.8) is 0 Å². The van der Waals surface area contributed by atoms with Gasteiger partial charge >= 0.3 is 11.9 Å². The maximum atomic E-state index is 13.4. The minimum Gasteiger partial charge on any atom is -0.462 e. The number of rotatable bonds is 5. The van der Waals surface area contributed by atoms with Gasteiger partial charge in [-0.05, 0) is 13.3 Å². The predicted octanol–water partition coefficient (Wildman–Crippen LogP) is 3.10. The van der Waals surface area contributed by atoms with Gasteiger partial charge in [0.15, 0.2) is 5.89 Å². The Kier molecular flexibility index (Phi) is 4.66. The molecule has 4 nitrogen and oxygen atoms in total. The summed E-state index contributed by atoms with van der Waals surface area (Å²) in [6, 6.07) is 0. The molecule has 0 spiro atoms. The Morgan fingerprint density at radius 2 is 2.05 bits per heavy atom. The van der Waals surface area contributed by atoms with E-state index in [2.05, 4.69) is 9.72 Å². The van der Waals surface area contributed by atoms with Gasteiger partial charge in [-0.1, -0.05) is 20.8 Å². The Balaban J connectivity index is 2.62. The summed E-state index contributed by atoms with van der Waals surface area (Å²) in [5.41, 5.74) is 0.135. The maximum absolute atomic E-state index is 13.4. The third-order valence-electron chi connectivity index (χ3n) is 2.46. The van der Waals surface area contributed by atoms with Crippen LogP contribution in [0.4, 0.5) is 8.78 Å². The van der Waals surface area contributed by atoms with Crippen molar-refractivity contribution in [3.8, 4) is 0 Å². The lowest BCUT2D eigenvalue weighted by atomic mass is 9.97. The van der Waals surface area contributed by atoms with Gasteiger partial charge in [0.05, 0.1) is 12.3 Å². The standard InChI is InChI=1S/C13H19F2NO3/c1-5-18-11(17)13(14,15)7-6-9-8-19-10(16-9)12(2,3)4/h8H,5-7H2,1-4H3. The zero-order chi connectivity index (χ0) is 14.7. The smallest absolute Gasteiger partial charge is 0.376 e. The number of oxazole rings is 1. The number of hydrogen-bond donors (Lipinski definition) is 0. The highest BCUT2D eigenvalue weighted by Crippen LogP contribution is 2.25. The predicted molar refractivity (Wildman–Crippen MR) is 65.1 cm³/mol. The van der Waals surface area contributed by atoms with Crippen molar-refractivity contribution < 1.29 is 22.7 Å². The van der Waals surface area contributed by atoms with Crippen molar-refractivity contribution in [2.45, 2.75) is 51.9 Å². The molecule has 1 aromatic heterocycles. The van der Waals surface area contributed by atoms with Gasteiger partial charge in [-0.2, -0.15) is 8.78 Å². The van der Waals surface area contributed by atoms with Crippen LogP contribution >= 0.6 is 0 Å². The topological polar surface area (TPSA) is 52.3 Å². The van der Waals surface area contributed by atoms with Crippen molar-refractivity contribution in [2.75, 3.05) is 6.61 Å². The van der Waals surface area contributed by atoms with E-state index in [0.29, 0.717) is 11.6 Å². The molecule has 0 fully saturated rings. The molecule has 1 rings (SSSR count). The molecule has 0 atom stereocenters. The first kappa shape index (κ1) is 15.6. The molecule has 1 heterocycles. The van der Waals surface area contributed by atoms with Crippen molar-refractivity contribution >= 4 is 5.97 Å². The van der Waals surface area contributed by atoms with E-state index < -0.39 is 18.3 Å². The number of esters is 1. The highest BCUT2D eigenvalue weighted by Gasteiger charge is 2.40. The van der Waals surface area contributed by atoms with Gasteiger partial charge in [0.2, 0.25) is 0 Å². The summed E-state index contributed by atoms with van der Waals surface area (Å²) in [5, 5.41) is 0. The first-order chi connectivity index (χ1) is 8.66. The first-order valence-electron chi connectivity index (χ1n) is 6.16. The van der Waals surface area contributed by atoms with E-state index in [1.165, 1.54) is 13.2 Å². The van der Waals surface area contributed by atoms with E-state index in [1.54, 1.807) is 0 Å². The Labute approximate surface area is 111 Å². The number of aryl methyl sites for hydroxylation is 1. The summed E-state index contributed by atoms with van der Waals surface area (Å²) in [6.45, 7) is 7.16. The van der Waals surface area contributed by atoms with Gasteiger partial charge in [0.1, 0.15) is 6.26 Å². The van der Waals surface area contributed by atoms with Gasteiger partial charge in [0, 0.05) is 11.8 Å². The molecule has 0 saturated heterocycles. The lowest BCUT2D eigenvalue weighted by Gasteiger charge is -2.13. The van der Waals surface area contributed by atoms with E-state index in [9.17, 15) is 13.6 Å². The van der Waals surface area contributed by atoms with Crippen LogP contribution in [-0.4, -0.2) is 23.5 Å². The lowest BCUT2D eigenvalue weighted by Crippen LogP contribution is -2.31. The second-order valence-corrected chi connectivity index (χ2v) is 5.32. The summed E-state index contributed by atoms with van der Waals surface area (Å²) in [7, 11) is 0. The van der Waals surface area contributed by atoms with Crippen LogP contribution in [0.15, 0.2) is 10.7 Å². The highest BCUT2D eigenvalue weighted by atomic mass is 19.3. The molecule has 0 radical (unpaired) electrons. The second-order valence-electron chi connectivity index (χ2n) is 5.32. The van der Waals surface area contributed by atoms with E-state index in [1.807, 2.05) is 20.8 Å². The summed E-state index contributed by atoms with van der Waals surface area (Å²) in [5.74, 6) is -4.49. The third kappa shape index (κ3) is 4.29. The lowest BCUT2D eigenvalue weighted by molar-refractivity contribution is -0.172. The van der Waals surface area contributed by atoms with Crippen molar-refractivity contribution in [2.24, 2.45) is 0 Å². The zero-order valence-corrected chi connectivity index (χ0v) is 11.6. The molecule has 1 aromatic rings. The number of nitrogens with zero attached hydrogens (tertiary/aromatic N) is 1. The van der Waals surface area contributed by atoms with Crippen LogP contribution in [0.5, 0.6) is 0 Å². The molecular weight excluding hydrogens is 256 g/mol. The molecule has 0 unspecified atom stereocenters. The molecule has 0 bridgehead atoms. The van der Waals surface area contributed by atoms with Gasteiger partial charge in [-0.15, -0.1) is 0 Å². The van der Waals surface area contributed by atoms with E-state index in [0.717, 1.165) is 0 Å². The molecule has 0 aliphatic carbocycles. The Morgan fingerprint density at radius 3 is 2.53 bits per heavy atom. The molecule has 19 heavy (non-hydrogen) atoms. The minimum atomic E-state index is -3.49. The fraction of sp³-hybridized carbons (Fsp3) is 0.692. The second kappa shape index (κ2) is 5.67. The fourth-order valence-electron chi connectivity index (χ4n) is 1.39. The normalized spacial score (nSPS) is 12.5. The van der Waals surface area contributed by atoms with Gasteiger partial charge in [-0.3, -0.25) is 0 Å². The van der Waals surface area contributed by atoms with E-state index in [4.69, 9.17) is 4.42 Å². The number of hydrogen-bond acceptors (Lipinski definition) is 4. The minimum absolute atomic E-state index is 0.0363. The van der Waals surface area contributed by atoms with Crippen LogP contribution in [0, 0.1) is 0 Å². The maximum Gasteiger partial charge on any atom is 0.376 e. The van der Waals surface area contributed by atoms with Crippen molar-refractivity contribution in [1.82, 2.24) is 4.98 Å². The van der Waals surface area contributed by atoms with Crippen LogP contribution in [0.25, 0.3) is 0 Å². The summed E-state index contributed by atoms with van der Waals surface area (Å²) in [4.78, 5) is 15.2. The van der Waals surface area contributed by atoms with Crippen LogP contribution < -0.4 is 0 Å². The highest BCUT2D eigenvalue weighted by molar-refractivity contribution is 5.77. The van der Waals surface area contributed by atoms with Gasteiger partial charge in [0.25, 0.3) is 0 Å². The van der Waals surface area contributed by atoms with E-state index in [-0.39, 0.29) is 18.4 Å². The van der Waals surface area contributed by atoms with Gasteiger partial charge < -0.3 is 9.15 Å². The van der Waals surface area contributed by atoms with Crippen molar-refractivity contribution in [1.29, 1.82) is 0 Å². The Morgan fingerprint density at radius 1 is 1.42 bits per heavy atom. The van der Waals surface area contributed by atoms with Crippen LogP contribution in [-0.2, 0) is 21.4 Å². The largest absolute Gasteiger partial charge is 0.462 e. The average molecular weight is 275 g/mol. The van der Waals surface area contributed by atoms with E-state index >= 15 is 0 Å². The van der Waals surface area contributed by atoms with Crippen LogP contribution in [0.2, 0.25) is 0 Å². The van der Waals surface area contributed by atoms with Crippen LogP contribution in [0.1, 0.15) is 45.7 Å². The number of aromatic nitrogens is 1. The summed E-state index contributed by atoms with van der Waals surface area (Å²) < 4.78 is 36.3. The monoisotopic (exact) mass is 275 g/mol. The quantitative estimate of drug-likeness (QED) is 0.775. The first-order valence-corrected chi connectivity index (χ1v) is 6.16. The number of halogens is 2. The molecule has 0 aliphatic heterocycles. The molecule has 6 heteroatoms. The average Bonchev–Trinajstić information content (AvgIpc) is 2.75. The van der Waals surface area contributed by atoms with Crippen LogP contribution in [0.3, 0.4) is 0 Å². The molecule has 0 aromatic carbocycles. The zero-order valence-electron chi connectivity index (χ0n) is 11.6. The summed E-state index contributed by atoms with van der Waals surface area (Å²) in [6.07, 6.45) is 0.676. The Hall–Kier alpha value is -1.46. The Bertz CT molecular complexity index is 435. The fourth-order valence-corrected chi connectivity index (χ4v) is 1.39. The SMILES string of the molecule is CCOC(=O)C(F)(F)CCc1coc(C(C)(C)C)n1. The molecule has 0 amide bonds. The molecular formula is C13H19F2NO3. The number of carbonyl (C=O) groups is 1. The van der Waals surface area contributed by atoms with Crippen molar-refractivity contribution in [3.05, 3.63) is 17.8 Å².